The van der Waals surface area contributed by atoms with Crippen molar-refractivity contribution >= 4 is 51.8 Å². The third-order valence-electron chi connectivity index (χ3n) is 2.85. The molecule has 0 saturated heterocycles. The van der Waals surface area contributed by atoms with Crippen molar-refractivity contribution in [1.29, 1.82) is 0 Å². The van der Waals surface area contributed by atoms with E-state index in [1.807, 2.05) is 62.4 Å². The molecular weight excluding hydrogens is 391 g/mol. The van der Waals surface area contributed by atoms with Crippen molar-refractivity contribution in [2.75, 3.05) is 23.8 Å². The Morgan fingerprint density at radius 3 is 1.36 bits per heavy atom. The second kappa shape index (κ2) is 14.3. The van der Waals surface area contributed by atoms with E-state index in [4.69, 9.17) is 21.7 Å². The number of benzene rings is 2. The Balaban J connectivity index is 0. The summed E-state index contributed by atoms with van der Waals surface area (Å²) >= 11 is 5.30. The largest absolute Gasteiger partial charge is 2.00 e. The summed E-state index contributed by atoms with van der Waals surface area (Å²) in [6, 6.07) is 15.3. The molecule has 0 unspecified atom stereocenters. The number of hydrogen-bond donors (Lipinski definition) is 2. The number of rotatable bonds is 6. The van der Waals surface area contributed by atoms with E-state index in [2.05, 4.69) is 10.6 Å². The number of anilines is 2. The molecule has 0 amide bonds. The topological polar surface area (TPSA) is 42.5 Å². The van der Waals surface area contributed by atoms with Crippen LogP contribution in [0.4, 0.5) is 11.4 Å². The maximum Gasteiger partial charge on any atom is 2.00 e. The van der Waals surface area contributed by atoms with Gasteiger partial charge in [-0.15, -0.1) is 0 Å². The Kier molecular flexibility index (Phi) is 15.0. The Labute approximate surface area is 183 Å². The van der Waals surface area contributed by atoms with E-state index < -0.39 is 0 Å². The molecule has 0 fully saturated rings. The molecule has 25 heavy (non-hydrogen) atoms. The Hall–Kier alpha value is -0.924. The quantitative estimate of drug-likeness (QED) is 0.422. The van der Waals surface area contributed by atoms with Crippen LogP contribution in [0.1, 0.15) is 13.8 Å². The van der Waals surface area contributed by atoms with E-state index in [-0.39, 0.29) is 47.9 Å². The first-order valence-corrected chi connectivity index (χ1v) is 7.65. The average Bonchev–Trinajstić information content (AvgIpc) is 2.52. The SMILES string of the molecule is CCOc1ccc(NC(=S)Nc2ccc(OCC)cc2)cc1.[Cl-].[Cl-].[Mg+2]. The second-order valence-electron chi connectivity index (χ2n) is 4.49. The zero-order chi connectivity index (χ0) is 15.8. The predicted molar refractivity (Wildman–Crippen MR) is 101 cm³/mol. The van der Waals surface area contributed by atoms with Crippen molar-refractivity contribution in [2.24, 2.45) is 0 Å². The van der Waals surface area contributed by atoms with Gasteiger partial charge in [0.25, 0.3) is 0 Å². The fraction of sp³-hybridized carbons (Fsp3) is 0.235. The number of hydrogen-bond acceptors (Lipinski definition) is 3. The number of ether oxygens (including phenoxy) is 2. The fourth-order valence-electron chi connectivity index (χ4n) is 1.90. The minimum absolute atomic E-state index is 0. The Morgan fingerprint density at radius 2 is 1.08 bits per heavy atom. The average molecular weight is 412 g/mol. The van der Waals surface area contributed by atoms with E-state index in [9.17, 15) is 0 Å². The van der Waals surface area contributed by atoms with Crippen LogP contribution in [0.2, 0.25) is 0 Å². The molecule has 0 saturated carbocycles. The maximum absolute atomic E-state index is 5.40. The summed E-state index contributed by atoms with van der Waals surface area (Å²) in [7, 11) is 0. The van der Waals surface area contributed by atoms with Gasteiger partial charge in [0.1, 0.15) is 11.5 Å². The molecule has 0 heterocycles. The van der Waals surface area contributed by atoms with Gasteiger partial charge in [-0.3, -0.25) is 0 Å². The summed E-state index contributed by atoms with van der Waals surface area (Å²) in [4.78, 5) is 0. The van der Waals surface area contributed by atoms with E-state index >= 15 is 0 Å². The molecular formula is C17H20Cl2MgN2O2S. The van der Waals surface area contributed by atoms with Crippen LogP contribution in [0.15, 0.2) is 48.5 Å². The number of nitrogens with one attached hydrogen (secondary N) is 2. The van der Waals surface area contributed by atoms with Gasteiger partial charge >= 0.3 is 23.1 Å². The minimum atomic E-state index is 0. The monoisotopic (exact) mass is 410 g/mol. The van der Waals surface area contributed by atoms with Crippen LogP contribution >= 0.6 is 12.2 Å². The van der Waals surface area contributed by atoms with Crippen LogP contribution in [0.3, 0.4) is 0 Å². The van der Waals surface area contributed by atoms with Crippen molar-refractivity contribution in [2.45, 2.75) is 13.8 Å². The molecule has 0 aliphatic rings. The molecule has 2 aromatic rings. The predicted octanol–water partition coefficient (Wildman–Crippen LogP) is -2.08. The molecule has 4 nitrogen and oxygen atoms in total. The van der Waals surface area contributed by atoms with Gasteiger partial charge in [-0.05, 0) is 74.6 Å². The van der Waals surface area contributed by atoms with Gasteiger partial charge in [0.05, 0.1) is 13.2 Å². The van der Waals surface area contributed by atoms with E-state index in [1.165, 1.54) is 0 Å². The molecule has 0 aromatic heterocycles. The summed E-state index contributed by atoms with van der Waals surface area (Å²) in [6.07, 6.45) is 0. The number of halogens is 2. The van der Waals surface area contributed by atoms with Crippen LogP contribution in [0, 0.1) is 0 Å². The molecule has 8 heteroatoms. The van der Waals surface area contributed by atoms with Crippen molar-refractivity contribution in [3.63, 3.8) is 0 Å². The normalized spacial score (nSPS) is 8.72. The molecule has 0 radical (unpaired) electrons. The minimum Gasteiger partial charge on any atom is -1.00 e. The summed E-state index contributed by atoms with van der Waals surface area (Å²) in [5, 5.41) is 6.80. The first kappa shape index (κ1) is 26.3. The summed E-state index contributed by atoms with van der Waals surface area (Å²) < 4.78 is 10.8. The van der Waals surface area contributed by atoms with Crippen LogP contribution in [0.5, 0.6) is 11.5 Å². The van der Waals surface area contributed by atoms with Crippen molar-refractivity contribution in [3.8, 4) is 11.5 Å². The summed E-state index contributed by atoms with van der Waals surface area (Å²) in [5.41, 5.74) is 1.82. The van der Waals surface area contributed by atoms with Gasteiger partial charge < -0.3 is 44.9 Å². The van der Waals surface area contributed by atoms with E-state index in [0.29, 0.717) is 18.3 Å². The van der Waals surface area contributed by atoms with E-state index in [0.717, 1.165) is 22.9 Å². The molecule has 2 N–H and O–H groups in total. The third kappa shape index (κ3) is 9.37. The van der Waals surface area contributed by atoms with Crippen LogP contribution < -0.4 is 44.9 Å². The molecule has 0 aliphatic carbocycles. The van der Waals surface area contributed by atoms with Gasteiger partial charge in [0, 0.05) is 11.4 Å². The molecule has 0 atom stereocenters. The van der Waals surface area contributed by atoms with Gasteiger partial charge in [-0.25, -0.2) is 0 Å². The fourth-order valence-corrected chi connectivity index (χ4v) is 2.13. The second-order valence-corrected chi connectivity index (χ2v) is 4.90. The molecule has 132 valence electrons. The maximum atomic E-state index is 5.40. The molecule has 0 aliphatic heterocycles. The van der Waals surface area contributed by atoms with Crippen molar-refractivity contribution in [1.82, 2.24) is 0 Å². The van der Waals surface area contributed by atoms with Crippen molar-refractivity contribution in [3.05, 3.63) is 48.5 Å². The third-order valence-corrected chi connectivity index (χ3v) is 3.05. The zero-order valence-corrected chi connectivity index (χ0v) is 18.0. The van der Waals surface area contributed by atoms with Gasteiger partial charge in [0.15, 0.2) is 5.11 Å². The zero-order valence-electron chi connectivity index (χ0n) is 14.2. The molecule has 0 bridgehead atoms. The van der Waals surface area contributed by atoms with Crippen LogP contribution in [-0.2, 0) is 0 Å². The first-order chi connectivity index (χ1) is 10.7. The standard InChI is InChI=1S/C17H20N2O2S.2ClH.Mg/c1-3-20-15-9-5-13(6-10-15)18-17(22)19-14-7-11-16(12-8-14)21-4-2;;;/h5-12H,3-4H2,1-2H3,(H2,18,19,22);2*1H;/q;;;+2/p-2. The molecule has 2 aromatic carbocycles. The first-order valence-electron chi connectivity index (χ1n) is 7.25. The van der Waals surface area contributed by atoms with Crippen LogP contribution in [-0.4, -0.2) is 41.4 Å². The van der Waals surface area contributed by atoms with Gasteiger partial charge in [0.2, 0.25) is 0 Å². The summed E-state index contributed by atoms with van der Waals surface area (Å²) in [5.74, 6) is 1.69. The van der Waals surface area contributed by atoms with Gasteiger partial charge in [-0.1, -0.05) is 0 Å². The van der Waals surface area contributed by atoms with Gasteiger partial charge in [-0.2, -0.15) is 0 Å². The van der Waals surface area contributed by atoms with E-state index in [1.54, 1.807) is 0 Å². The number of thiocarbonyl (C=S) groups is 1. The van der Waals surface area contributed by atoms with Crippen molar-refractivity contribution < 1.29 is 34.3 Å². The Bertz CT molecular complexity index is 560. The Morgan fingerprint density at radius 1 is 0.760 bits per heavy atom. The molecule has 2 rings (SSSR count). The summed E-state index contributed by atoms with van der Waals surface area (Å²) in [6.45, 7) is 5.24. The van der Waals surface area contributed by atoms with Crippen LogP contribution in [0.25, 0.3) is 0 Å². The smallest absolute Gasteiger partial charge is 1.00 e. The molecule has 0 spiro atoms.